The number of nitrogens with one attached hydrogen (secondary N) is 1. The number of aryl methyl sites for hydroxylation is 1. The van der Waals surface area contributed by atoms with Gasteiger partial charge in [-0.1, -0.05) is 0 Å². The third-order valence-electron chi connectivity index (χ3n) is 3.65. The second-order valence-corrected chi connectivity index (χ2v) is 4.96. The molecule has 3 aromatic rings. The van der Waals surface area contributed by atoms with Gasteiger partial charge in [-0.05, 0) is 24.5 Å². The van der Waals surface area contributed by atoms with Crippen molar-refractivity contribution in [1.82, 2.24) is 19.9 Å². The molecule has 1 N–H and O–H groups in total. The number of ether oxygens (including phenoxy) is 2. The Bertz CT molecular complexity index is 780. The molecule has 21 heavy (non-hydrogen) atoms. The lowest BCUT2D eigenvalue weighted by atomic mass is 10.0. The highest BCUT2D eigenvalue weighted by atomic mass is 16.5. The molecule has 0 aliphatic carbocycles. The topological polar surface area (TPSA) is 72.9 Å². The van der Waals surface area contributed by atoms with Gasteiger partial charge in [0.25, 0.3) is 0 Å². The quantitative estimate of drug-likeness (QED) is 0.781. The van der Waals surface area contributed by atoms with Crippen LogP contribution in [0.3, 0.4) is 0 Å². The number of imidazole rings is 1. The molecule has 0 saturated heterocycles. The first kappa shape index (κ1) is 12.1. The molecule has 0 amide bonds. The number of methoxy groups -OCH3 is 1. The van der Waals surface area contributed by atoms with Crippen LogP contribution in [-0.4, -0.2) is 33.7 Å². The van der Waals surface area contributed by atoms with E-state index < -0.39 is 0 Å². The number of aromatic amines is 1. The molecule has 0 unspecified atom stereocenters. The number of rotatable bonds is 2. The lowest BCUT2D eigenvalue weighted by Gasteiger charge is -2.19. The predicted octanol–water partition coefficient (Wildman–Crippen LogP) is 2.35. The third-order valence-corrected chi connectivity index (χ3v) is 3.65. The fourth-order valence-corrected chi connectivity index (χ4v) is 2.62. The second kappa shape index (κ2) is 4.73. The molecular weight excluding hydrogens is 268 g/mol. The molecule has 1 aliphatic heterocycles. The molecule has 106 valence electrons. The lowest BCUT2D eigenvalue weighted by Crippen LogP contribution is -2.08. The first-order valence-electron chi connectivity index (χ1n) is 6.85. The molecule has 6 nitrogen and oxygen atoms in total. The summed E-state index contributed by atoms with van der Waals surface area (Å²) in [6, 6.07) is 4.02. The van der Waals surface area contributed by atoms with E-state index in [1.165, 1.54) is 11.9 Å². The van der Waals surface area contributed by atoms with Crippen LogP contribution in [-0.2, 0) is 6.42 Å². The Hall–Kier alpha value is -2.63. The third kappa shape index (κ3) is 1.99. The first-order chi connectivity index (χ1) is 10.3. The van der Waals surface area contributed by atoms with Crippen LogP contribution in [0.5, 0.6) is 11.5 Å². The van der Waals surface area contributed by atoms with Crippen molar-refractivity contribution < 1.29 is 9.47 Å². The Morgan fingerprint density at radius 1 is 1.33 bits per heavy atom. The fraction of sp³-hybridized carbons (Fsp3) is 0.267. The largest absolute Gasteiger partial charge is 0.496 e. The maximum Gasteiger partial charge on any atom is 0.181 e. The minimum Gasteiger partial charge on any atom is -0.496 e. The van der Waals surface area contributed by atoms with Crippen molar-refractivity contribution in [3.63, 3.8) is 0 Å². The van der Waals surface area contributed by atoms with E-state index in [0.29, 0.717) is 5.65 Å². The number of hydrogen-bond acceptors (Lipinski definition) is 5. The summed E-state index contributed by atoms with van der Waals surface area (Å²) < 4.78 is 11.2. The minimum atomic E-state index is 0.649. The van der Waals surface area contributed by atoms with Crippen LogP contribution in [0.4, 0.5) is 0 Å². The molecule has 0 fully saturated rings. The highest BCUT2D eigenvalue weighted by molar-refractivity contribution is 5.77. The molecule has 0 saturated carbocycles. The van der Waals surface area contributed by atoms with E-state index in [1.54, 1.807) is 13.3 Å². The Balaban J connectivity index is 1.89. The highest BCUT2D eigenvalue weighted by Crippen LogP contribution is 2.37. The number of aromatic nitrogens is 4. The standard InChI is InChI=1S/C15H14N4O2/c1-20-13-6-12-9(3-2-4-21-12)5-10(13)14-18-11-7-16-8-17-15(11)19-14/h5-8H,2-4H2,1H3,(H,16,17,18,19). The van der Waals surface area contributed by atoms with Crippen LogP contribution in [0, 0.1) is 0 Å². The molecule has 0 bridgehead atoms. The molecule has 2 aromatic heterocycles. The van der Waals surface area contributed by atoms with Crippen molar-refractivity contribution in [2.75, 3.05) is 13.7 Å². The second-order valence-electron chi connectivity index (χ2n) is 4.96. The van der Waals surface area contributed by atoms with Crippen molar-refractivity contribution in [1.29, 1.82) is 0 Å². The number of fused-ring (bicyclic) bond motifs is 2. The SMILES string of the molecule is COc1cc2c(cc1-c1nc3ncncc3[nH]1)CCCO2. The van der Waals surface area contributed by atoms with E-state index in [-0.39, 0.29) is 0 Å². The average molecular weight is 282 g/mol. The highest BCUT2D eigenvalue weighted by Gasteiger charge is 2.18. The van der Waals surface area contributed by atoms with Gasteiger partial charge in [-0.3, -0.25) is 0 Å². The number of nitrogens with zero attached hydrogens (tertiary/aromatic N) is 3. The van der Waals surface area contributed by atoms with E-state index in [1.807, 2.05) is 6.07 Å². The summed E-state index contributed by atoms with van der Waals surface area (Å²) in [4.78, 5) is 15.9. The van der Waals surface area contributed by atoms with Crippen molar-refractivity contribution in [3.05, 3.63) is 30.2 Å². The summed E-state index contributed by atoms with van der Waals surface area (Å²) in [6.45, 7) is 0.760. The van der Waals surface area contributed by atoms with Crippen molar-refractivity contribution in [2.45, 2.75) is 12.8 Å². The summed E-state index contributed by atoms with van der Waals surface area (Å²) in [6.07, 6.45) is 5.24. The first-order valence-corrected chi connectivity index (χ1v) is 6.85. The smallest absolute Gasteiger partial charge is 0.181 e. The Labute approximate surface area is 121 Å². The molecule has 4 rings (SSSR count). The summed E-state index contributed by atoms with van der Waals surface area (Å²) in [5.41, 5.74) is 3.56. The van der Waals surface area contributed by atoms with E-state index in [2.05, 4.69) is 26.0 Å². The molecule has 1 aromatic carbocycles. The maximum atomic E-state index is 5.68. The number of H-pyrrole nitrogens is 1. The van der Waals surface area contributed by atoms with E-state index >= 15 is 0 Å². The van der Waals surface area contributed by atoms with Crippen LogP contribution in [0.25, 0.3) is 22.6 Å². The summed E-state index contributed by atoms with van der Waals surface area (Å²) >= 11 is 0. The van der Waals surface area contributed by atoms with Gasteiger partial charge in [0.05, 0.1) is 25.5 Å². The lowest BCUT2D eigenvalue weighted by molar-refractivity contribution is 0.286. The van der Waals surface area contributed by atoms with Gasteiger partial charge in [0.1, 0.15) is 29.2 Å². The Morgan fingerprint density at radius 3 is 3.14 bits per heavy atom. The van der Waals surface area contributed by atoms with Gasteiger partial charge in [-0.25, -0.2) is 15.0 Å². The van der Waals surface area contributed by atoms with E-state index in [9.17, 15) is 0 Å². The maximum absolute atomic E-state index is 5.68. The van der Waals surface area contributed by atoms with Crippen molar-refractivity contribution in [2.24, 2.45) is 0 Å². The fourth-order valence-electron chi connectivity index (χ4n) is 2.62. The predicted molar refractivity (Wildman–Crippen MR) is 77.5 cm³/mol. The van der Waals surface area contributed by atoms with E-state index in [4.69, 9.17) is 9.47 Å². The zero-order valence-corrected chi connectivity index (χ0v) is 11.6. The molecule has 0 spiro atoms. The molecule has 0 atom stereocenters. The molecular formula is C15H14N4O2. The van der Waals surface area contributed by atoms with Gasteiger partial charge >= 0.3 is 0 Å². The van der Waals surface area contributed by atoms with Gasteiger partial charge < -0.3 is 14.5 Å². The normalized spacial score (nSPS) is 13.8. The van der Waals surface area contributed by atoms with Crippen molar-refractivity contribution in [3.8, 4) is 22.9 Å². The Morgan fingerprint density at radius 2 is 2.29 bits per heavy atom. The summed E-state index contributed by atoms with van der Waals surface area (Å²) in [7, 11) is 1.65. The average Bonchev–Trinajstić information content (AvgIpc) is 2.97. The van der Waals surface area contributed by atoms with Gasteiger partial charge in [0.15, 0.2) is 5.65 Å². The minimum absolute atomic E-state index is 0.649. The molecule has 0 radical (unpaired) electrons. The van der Waals surface area contributed by atoms with Gasteiger partial charge in [0.2, 0.25) is 0 Å². The van der Waals surface area contributed by atoms with Crippen LogP contribution < -0.4 is 9.47 Å². The molecule has 3 heterocycles. The molecule has 6 heteroatoms. The summed E-state index contributed by atoms with van der Waals surface area (Å²) in [5.74, 6) is 2.37. The Kier molecular flexibility index (Phi) is 2.73. The van der Waals surface area contributed by atoms with Crippen LogP contribution >= 0.6 is 0 Å². The van der Waals surface area contributed by atoms with Gasteiger partial charge in [0, 0.05) is 6.07 Å². The van der Waals surface area contributed by atoms with Crippen LogP contribution in [0.15, 0.2) is 24.7 Å². The van der Waals surface area contributed by atoms with Gasteiger partial charge in [-0.15, -0.1) is 0 Å². The number of hydrogen-bond donors (Lipinski definition) is 1. The zero-order chi connectivity index (χ0) is 14.2. The van der Waals surface area contributed by atoms with Crippen LogP contribution in [0.2, 0.25) is 0 Å². The van der Waals surface area contributed by atoms with Crippen LogP contribution in [0.1, 0.15) is 12.0 Å². The number of benzene rings is 1. The molecule has 1 aliphatic rings. The van der Waals surface area contributed by atoms with E-state index in [0.717, 1.165) is 47.9 Å². The zero-order valence-electron chi connectivity index (χ0n) is 11.6. The van der Waals surface area contributed by atoms with Crippen molar-refractivity contribution >= 4 is 11.2 Å². The van der Waals surface area contributed by atoms with Gasteiger partial charge in [-0.2, -0.15) is 0 Å². The monoisotopic (exact) mass is 282 g/mol. The summed E-state index contributed by atoms with van der Waals surface area (Å²) in [5, 5.41) is 0.